The molecule has 2 N–H and O–H groups in total. The van der Waals surface area contributed by atoms with Gasteiger partial charge in [0.25, 0.3) is 0 Å². The van der Waals surface area contributed by atoms with Crippen molar-refractivity contribution in [2.45, 2.75) is 32.2 Å². The highest BCUT2D eigenvalue weighted by Gasteiger charge is 2.27. The van der Waals surface area contributed by atoms with E-state index in [4.69, 9.17) is 5.11 Å². The second kappa shape index (κ2) is 3.56. The van der Waals surface area contributed by atoms with Gasteiger partial charge in [-0.3, -0.25) is 9.59 Å². The van der Waals surface area contributed by atoms with E-state index in [0.29, 0.717) is 0 Å². The first-order chi connectivity index (χ1) is 5.61. The molecular weight excluding hydrogens is 158 g/mol. The van der Waals surface area contributed by atoms with Crippen molar-refractivity contribution in [2.24, 2.45) is 5.92 Å². The molecular formula is C8H13NO3. The normalized spacial score (nSPS) is 19.4. The first-order valence-corrected chi connectivity index (χ1v) is 4.14. The van der Waals surface area contributed by atoms with Gasteiger partial charge in [0.2, 0.25) is 5.91 Å². The van der Waals surface area contributed by atoms with Gasteiger partial charge in [-0.2, -0.15) is 0 Å². The van der Waals surface area contributed by atoms with E-state index in [1.807, 2.05) is 0 Å². The molecule has 1 saturated carbocycles. The minimum atomic E-state index is -0.984. The molecule has 0 heterocycles. The topological polar surface area (TPSA) is 66.4 Å². The van der Waals surface area contributed by atoms with Crippen LogP contribution in [0, 0.1) is 5.92 Å². The van der Waals surface area contributed by atoms with Gasteiger partial charge in [0.15, 0.2) is 0 Å². The van der Waals surface area contributed by atoms with Crippen LogP contribution in [-0.4, -0.2) is 23.0 Å². The number of rotatable bonds is 3. The SMILES string of the molecule is CC(NC(=O)C1CCC1)C(=O)O. The molecule has 0 aliphatic heterocycles. The fourth-order valence-electron chi connectivity index (χ4n) is 1.06. The number of nitrogens with one attached hydrogen (secondary N) is 1. The molecule has 68 valence electrons. The maximum atomic E-state index is 11.2. The lowest BCUT2D eigenvalue weighted by molar-refractivity contribution is -0.142. The zero-order valence-corrected chi connectivity index (χ0v) is 7.04. The Hall–Kier alpha value is -1.06. The second-order valence-corrected chi connectivity index (χ2v) is 3.20. The lowest BCUT2D eigenvalue weighted by atomic mass is 9.84. The van der Waals surface area contributed by atoms with Gasteiger partial charge in [-0.15, -0.1) is 0 Å². The summed E-state index contributed by atoms with van der Waals surface area (Å²) < 4.78 is 0. The van der Waals surface area contributed by atoms with Crippen LogP contribution in [0.1, 0.15) is 26.2 Å². The maximum Gasteiger partial charge on any atom is 0.325 e. The molecule has 4 heteroatoms. The second-order valence-electron chi connectivity index (χ2n) is 3.20. The summed E-state index contributed by atoms with van der Waals surface area (Å²) in [7, 11) is 0. The summed E-state index contributed by atoms with van der Waals surface area (Å²) >= 11 is 0. The summed E-state index contributed by atoms with van der Waals surface area (Å²) in [5, 5.41) is 10.9. The lowest BCUT2D eigenvalue weighted by Gasteiger charge is -2.25. The Kier molecular flexibility index (Phi) is 2.68. The molecule has 0 bridgehead atoms. The molecule has 1 unspecified atom stereocenters. The van der Waals surface area contributed by atoms with Crippen LogP contribution in [0.3, 0.4) is 0 Å². The maximum absolute atomic E-state index is 11.2. The van der Waals surface area contributed by atoms with Gasteiger partial charge in [-0.1, -0.05) is 6.42 Å². The van der Waals surface area contributed by atoms with Gasteiger partial charge < -0.3 is 10.4 Å². The molecule has 0 spiro atoms. The summed E-state index contributed by atoms with van der Waals surface area (Å²) in [5.74, 6) is -1.04. The third-order valence-electron chi connectivity index (χ3n) is 2.21. The molecule has 12 heavy (non-hydrogen) atoms. The van der Waals surface area contributed by atoms with Crippen LogP contribution in [0.15, 0.2) is 0 Å². The molecule has 0 radical (unpaired) electrons. The van der Waals surface area contributed by atoms with E-state index < -0.39 is 12.0 Å². The highest BCUT2D eigenvalue weighted by Crippen LogP contribution is 2.26. The number of aliphatic carboxylic acids is 1. The van der Waals surface area contributed by atoms with E-state index in [2.05, 4.69) is 5.32 Å². The Bertz CT molecular complexity index is 198. The van der Waals surface area contributed by atoms with Crippen molar-refractivity contribution in [3.63, 3.8) is 0 Å². The average molecular weight is 171 g/mol. The molecule has 1 fully saturated rings. The Morgan fingerprint density at radius 2 is 2.08 bits per heavy atom. The number of carbonyl (C=O) groups excluding carboxylic acids is 1. The van der Waals surface area contributed by atoms with Crippen LogP contribution < -0.4 is 5.32 Å². The molecule has 0 aromatic rings. The Labute approximate surface area is 71.0 Å². The predicted octanol–water partition coefficient (Wildman–Crippen LogP) is 0.376. The Balaban J connectivity index is 2.29. The average Bonchev–Trinajstić information content (AvgIpc) is 1.82. The molecule has 1 amide bonds. The van der Waals surface area contributed by atoms with Crippen molar-refractivity contribution in [1.29, 1.82) is 0 Å². The van der Waals surface area contributed by atoms with E-state index in [1.54, 1.807) is 0 Å². The van der Waals surface area contributed by atoms with Gasteiger partial charge in [0, 0.05) is 5.92 Å². The first-order valence-electron chi connectivity index (χ1n) is 4.14. The summed E-state index contributed by atoms with van der Waals surface area (Å²) in [6.45, 7) is 1.47. The zero-order valence-electron chi connectivity index (χ0n) is 7.04. The summed E-state index contributed by atoms with van der Waals surface area (Å²) in [5.41, 5.74) is 0. The fraction of sp³-hybridized carbons (Fsp3) is 0.750. The number of carbonyl (C=O) groups is 2. The lowest BCUT2D eigenvalue weighted by Crippen LogP contribution is -2.43. The number of amides is 1. The first kappa shape index (κ1) is 9.03. The van der Waals surface area contributed by atoms with Gasteiger partial charge >= 0.3 is 5.97 Å². The van der Waals surface area contributed by atoms with Crippen LogP contribution in [0.2, 0.25) is 0 Å². The van der Waals surface area contributed by atoms with E-state index in [1.165, 1.54) is 6.92 Å². The van der Waals surface area contributed by atoms with Gasteiger partial charge in [0.1, 0.15) is 6.04 Å². The smallest absolute Gasteiger partial charge is 0.325 e. The van der Waals surface area contributed by atoms with Gasteiger partial charge in [0.05, 0.1) is 0 Å². The van der Waals surface area contributed by atoms with E-state index in [9.17, 15) is 9.59 Å². The van der Waals surface area contributed by atoms with Crippen LogP contribution in [0.25, 0.3) is 0 Å². The van der Waals surface area contributed by atoms with Crippen molar-refractivity contribution in [3.05, 3.63) is 0 Å². The molecule has 4 nitrogen and oxygen atoms in total. The van der Waals surface area contributed by atoms with Crippen LogP contribution in [0.4, 0.5) is 0 Å². The summed E-state index contributed by atoms with van der Waals surface area (Å²) in [4.78, 5) is 21.5. The molecule has 0 saturated heterocycles. The van der Waals surface area contributed by atoms with E-state index >= 15 is 0 Å². The predicted molar refractivity (Wildman–Crippen MR) is 42.6 cm³/mol. The quantitative estimate of drug-likeness (QED) is 0.645. The monoisotopic (exact) mass is 171 g/mol. The highest BCUT2D eigenvalue weighted by molar-refractivity contribution is 5.85. The standard InChI is InChI=1S/C8H13NO3/c1-5(8(11)12)9-7(10)6-3-2-4-6/h5-6H,2-4H2,1H3,(H,9,10)(H,11,12). The number of hydrogen-bond donors (Lipinski definition) is 2. The highest BCUT2D eigenvalue weighted by atomic mass is 16.4. The Morgan fingerprint density at radius 1 is 1.50 bits per heavy atom. The molecule has 0 aromatic heterocycles. The number of carboxylic acids is 1. The third kappa shape index (κ3) is 1.96. The van der Waals surface area contributed by atoms with Crippen molar-refractivity contribution >= 4 is 11.9 Å². The van der Waals surface area contributed by atoms with Crippen LogP contribution in [0.5, 0.6) is 0 Å². The molecule has 1 rings (SSSR count). The van der Waals surface area contributed by atoms with Crippen LogP contribution >= 0.6 is 0 Å². The van der Waals surface area contributed by atoms with Crippen LogP contribution in [-0.2, 0) is 9.59 Å². The number of carboxylic acid groups (broad SMARTS) is 1. The third-order valence-corrected chi connectivity index (χ3v) is 2.21. The van der Waals surface area contributed by atoms with Crippen molar-refractivity contribution in [3.8, 4) is 0 Å². The largest absolute Gasteiger partial charge is 0.480 e. The van der Waals surface area contributed by atoms with Crippen molar-refractivity contribution < 1.29 is 14.7 Å². The van der Waals surface area contributed by atoms with Gasteiger partial charge in [-0.05, 0) is 19.8 Å². The fourth-order valence-corrected chi connectivity index (χ4v) is 1.06. The van der Waals surface area contributed by atoms with Crippen molar-refractivity contribution in [2.75, 3.05) is 0 Å². The molecule has 0 aromatic carbocycles. The Morgan fingerprint density at radius 3 is 2.42 bits per heavy atom. The summed E-state index contributed by atoms with van der Waals surface area (Å²) in [6.07, 6.45) is 2.88. The van der Waals surface area contributed by atoms with Gasteiger partial charge in [-0.25, -0.2) is 0 Å². The summed E-state index contributed by atoms with van der Waals surface area (Å²) in [6, 6.07) is -0.766. The zero-order chi connectivity index (χ0) is 9.14. The van der Waals surface area contributed by atoms with E-state index in [-0.39, 0.29) is 11.8 Å². The molecule has 1 aliphatic rings. The molecule has 1 atom stereocenters. The minimum absolute atomic E-state index is 0.0619. The minimum Gasteiger partial charge on any atom is -0.480 e. The van der Waals surface area contributed by atoms with Crippen molar-refractivity contribution in [1.82, 2.24) is 5.32 Å². The number of hydrogen-bond acceptors (Lipinski definition) is 2. The molecule has 1 aliphatic carbocycles. The van der Waals surface area contributed by atoms with E-state index in [0.717, 1.165) is 19.3 Å².